The Morgan fingerprint density at radius 3 is 2.15 bits per heavy atom. The number of hydrogen-bond donors (Lipinski definition) is 1. The molecule has 2 aliphatic heterocycles. The lowest BCUT2D eigenvalue weighted by Gasteiger charge is -2.46. The molecule has 3 aromatic rings. The molecule has 2 aliphatic rings. The van der Waals surface area contributed by atoms with Gasteiger partial charge in [0.1, 0.15) is 5.75 Å². The third-order valence-electron chi connectivity index (χ3n) is 6.65. The number of para-hydroxylation sites is 4. The minimum absolute atomic E-state index is 0.0360. The topological polar surface area (TPSA) is 118 Å². The first-order chi connectivity index (χ1) is 19.5. The largest absolute Gasteiger partial charge is 0.573 e. The number of methoxy groups -OCH3 is 1. The molecule has 0 saturated carbocycles. The van der Waals surface area contributed by atoms with E-state index in [-0.39, 0.29) is 18.0 Å². The van der Waals surface area contributed by atoms with E-state index < -0.39 is 46.3 Å². The van der Waals surface area contributed by atoms with Crippen LogP contribution in [0, 0.1) is 5.92 Å². The minimum atomic E-state index is -4.93. The summed E-state index contributed by atoms with van der Waals surface area (Å²) in [5, 5.41) is 11.5. The van der Waals surface area contributed by atoms with Gasteiger partial charge in [0.05, 0.1) is 35.5 Å². The van der Waals surface area contributed by atoms with E-state index in [1.54, 1.807) is 48.5 Å². The van der Waals surface area contributed by atoms with E-state index >= 15 is 0 Å². The number of hydrogen-bond acceptors (Lipinski definition) is 8. The summed E-state index contributed by atoms with van der Waals surface area (Å²) in [5.74, 6) is -0.498. The molecule has 5 rings (SSSR count). The fraction of sp³-hybridized carbons (Fsp3) is 0.259. The molecular formula is C27H24F3N3O7S. The van der Waals surface area contributed by atoms with Gasteiger partial charge in [0.15, 0.2) is 11.5 Å². The van der Waals surface area contributed by atoms with Crippen molar-refractivity contribution in [3.63, 3.8) is 0 Å². The smallest absolute Gasteiger partial charge is 0.453 e. The van der Waals surface area contributed by atoms with Gasteiger partial charge in [-0.3, -0.25) is 0 Å². The molecule has 2 heterocycles. The lowest BCUT2D eigenvalue weighted by molar-refractivity contribution is -0.274. The van der Waals surface area contributed by atoms with Gasteiger partial charge in [0.2, 0.25) is 0 Å². The number of aliphatic hydroxyl groups is 1. The van der Waals surface area contributed by atoms with Gasteiger partial charge in [-0.25, -0.2) is 4.79 Å². The number of amides is 1. The molecule has 1 amide bonds. The summed E-state index contributed by atoms with van der Waals surface area (Å²) in [4.78, 5) is 15.4. The van der Waals surface area contributed by atoms with E-state index in [1.807, 2.05) is 4.90 Å². The van der Waals surface area contributed by atoms with Crippen LogP contribution in [0.5, 0.6) is 17.2 Å². The van der Waals surface area contributed by atoms with Gasteiger partial charge in [-0.2, -0.15) is 12.8 Å². The number of anilines is 2. The Labute approximate surface area is 233 Å². The van der Waals surface area contributed by atoms with Crippen molar-refractivity contribution < 1.29 is 45.7 Å². The molecule has 3 atom stereocenters. The molecule has 0 aromatic heterocycles. The Balaban J connectivity index is 1.47. The van der Waals surface area contributed by atoms with Crippen LogP contribution in [-0.4, -0.2) is 69.4 Å². The summed E-state index contributed by atoms with van der Waals surface area (Å²) in [6.07, 6.45) is -5.80. The quantitative estimate of drug-likeness (QED) is 0.424. The number of carbonyl (C=O) groups is 1. The van der Waals surface area contributed by atoms with Crippen molar-refractivity contribution in [1.29, 1.82) is 0 Å². The fourth-order valence-electron chi connectivity index (χ4n) is 4.83. The highest BCUT2D eigenvalue weighted by molar-refractivity contribution is 7.90. The van der Waals surface area contributed by atoms with Crippen LogP contribution in [0.2, 0.25) is 0 Å². The number of carbonyl (C=O) groups excluding carboxylic acids is 1. The molecule has 41 heavy (non-hydrogen) atoms. The van der Waals surface area contributed by atoms with Crippen LogP contribution in [0.25, 0.3) is 0 Å². The van der Waals surface area contributed by atoms with Gasteiger partial charge in [-0.05, 0) is 48.5 Å². The molecule has 1 N–H and O–H groups in total. The lowest BCUT2D eigenvalue weighted by atomic mass is 9.89. The van der Waals surface area contributed by atoms with Gasteiger partial charge < -0.3 is 29.1 Å². The fourth-order valence-corrected chi connectivity index (χ4v) is 5.75. The zero-order valence-corrected chi connectivity index (χ0v) is 22.2. The summed E-state index contributed by atoms with van der Waals surface area (Å²) >= 11 is 0. The maximum Gasteiger partial charge on any atom is 0.573 e. The summed E-state index contributed by atoms with van der Waals surface area (Å²) in [7, 11) is -3.16. The average Bonchev–Trinajstić information content (AvgIpc) is 2.94. The number of fused-ring (bicyclic) bond motifs is 2. The first-order valence-electron chi connectivity index (χ1n) is 12.3. The Kier molecular flexibility index (Phi) is 7.53. The Morgan fingerprint density at radius 1 is 1.00 bits per heavy atom. The van der Waals surface area contributed by atoms with Crippen molar-refractivity contribution in [2.75, 3.05) is 25.1 Å². The van der Waals surface area contributed by atoms with Crippen molar-refractivity contribution in [3.05, 3.63) is 72.8 Å². The second kappa shape index (κ2) is 10.9. The number of likely N-dealkylation sites (tertiary alicyclic amines) is 1. The molecule has 10 nitrogen and oxygen atoms in total. The maximum atomic E-state index is 12.9. The summed E-state index contributed by atoms with van der Waals surface area (Å²) < 4.78 is 81.5. The van der Waals surface area contributed by atoms with E-state index in [4.69, 9.17) is 9.47 Å². The number of halogens is 3. The van der Waals surface area contributed by atoms with Crippen LogP contribution < -0.4 is 14.4 Å². The highest BCUT2D eigenvalue weighted by Gasteiger charge is 2.43. The van der Waals surface area contributed by atoms with E-state index in [2.05, 4.69) is 9.13 Å². The monoisotopic (exact) mass is 591 g/mol. The summed E-state index contributed by atoms with van der Waals surface area (Å²) in [6, 6.07) is 17.1. The highest BCUT2D eigenvalue weighted by atomic mass is 32.2. The second-order valence-corrected chi connectivity index (χ2v) is 10.9. The van der Waals surface area contributed by atoms with Gasteiger partial charge in [0, 0.05) is 25.2 Å². The van der Waals surface area contributed by atoms with Crippen molar-refractivity contribution >= 4 is 33.7 Å². The molecule has 3 aromatic carbocycles. The minimum Gasteiger partial charge on any atom is -0.453 e. The van der Waals surface area contributed by atoms with Gasteiger partial charge in [-0.15, -0.1) is 13.2 Å². The normalized spacial score (nSPS) is 20.7. The van der Waals surface area contributed by atoms with Gasteiger partial charge in [0.25, 0.3) is 10.0 Å². The number of sulfonamides is 1. The van der Waals surface area contributed by atoms with E-state index in [0.717, 1.165) is 30.5 Å². The van der Waals surface area contributed by atoms with Crippen molar-refractivity contribution in [1.82, 2.24) is 4.90 Å². The third kappa shape index (κ3) is 5.93. The van der Waals surface area contributed by atoms with Crippen LogP contribution in [0.4, 0.5) is 29.3 Å². The Morgan fingerprint density at radius 2 is 1.59 bits per heavy atom. The molecule has 0 spiro atoms. The second-order valence-electron chi connectivity index (χ2n) is 9.25. The SMILES string of the molecule is COC(=O)N1CC(/C=N\S(=O)(=O)c2ccc(OC(F)(F)F)cc2)[C@H](O)[C@@H](N2c3ccccc3Oc3ccccc32)C1. The number of benzene rings is 3. The van der Waals surface area contributed by atoms with Crippen molar-refractivity contribution in [3.8, 4) is 17.2 Å². The van der Waals surface area contributed by atoms with Crippen LogP contribution in [0.3, 0.4) is 0 Å². The van der Waals surface area contributed by atoms with Crippen molar-refractivity contribution in [2.45, 2.75) is 23.4 Å². The Hall–Kier alpha value is -4.30. The van der Waals surface area contributed by atoms with Crippen LogP contribution in [0.15, 0.2) is 82.1 Å². The highest BCUT2D eigenvalue weighted by Crippen LogP contribution is 2.48. The summed E-state index contributed by atoms with van der Waals surface area (Å²) in [6.45, 7) is -0.0659. The van der Waals surface area contributed by atoms with Crippen molar-refractivity contribution in [2.24, 2.45) is 10.3 Å². The molecule has 14 heteroatoms. The lowest BCUT2D eigenvalue weighted by Crippen LogP contribution is -2.60. The summed E-state index contributed by atoms with van der Waals surface area (Å²) in [5.41, 5.74) is 1.26. The van der Waals surface area contributed by atoms with Crippen LogP contribution >= 0.6 is 0 Å². The first-order valence-corrected chi connectivity index (χ1v) is 13.7. The van der Waals surface area contributed by atoms with Gasteiger partial charge >= 0.3 is 12.5 Å². The molecule has 0 bridgehead atoms. The predicted octanol–water partition coefficient (Wildman–Crippen LogP) is 4.72. The first kappa shape index (κ1) is 28.2. The molecule has 0 radical (unpaired) electrons. The molecule has 216 valence electrons. The molecule has 1 unspecified atom stereocenters. The van der Waals surface area contributed by atoms with E-state index in [1.165, 1.54) is 12.0 Å². The van der Waals surface area contributed by atoms with Crippen LogP contribution in [-0.2, 0) is 14.8 Å². The number of nitrogens with zero attached hydrogens (tertiary/aromatic N) is 3. The van der Waals surface area contributed by atoms with Crippen LogP contribution in [0.1, 0.15) is 0 Å². The number of rotatable bonds is 5. The molecular weight excluding hydrogens is 567 g/mol. The third-order valence-corrected chi connectivity index (χ3v) is 7.92. The molecule has 1 saturated heterocycles. The average molecular weight is 592 g/mol. The molecule has 1 fully saturated rings. The zero-order chi connectivity index (χ0) is 29.4. The Bertz CT molecular complexity index is 1520. The predicted molar refractivity (Wildman–Crippen MR) is 141 cm³/mol. The van der Waals surface area contributed by atoms with Gasteiger partial charge in [-0.1, -0.05) is 24.3 Å². The zero-order valence-electron chi connectivity index (χ0n) is 21.4. The number of alkyl halides is 3. The van der Waals surface area contributed by atoms with E-state index in [9.17, 15) is 31.5 Å². The number of ether oxygens (including phenoxy) is 3. The standard InChI is InChI=1S/C27H24F3N3O7S/c1-38-26(35)32-15-17(14-31-41(36,37)19-12-10-18(11-13-19)40-27(28,29)30)25(34)22(16-32)33-20-6-2-4-8-23(20)39-24-9-5-3-7-21(24)33/h2-14,17,22,25,34H,15-16H2,1H3/b31-14-/t17?,22-,25-/m0/s1. The maximum absolute atomic E-state index is 12.9. The number of aliphatic hydroxyl groups excluding tert-OH is 1. The van der Waals surface area contributed by atoms with E-state index in [0.29, 0.717) is 22.9 Å². The number of piperidine rings is 1. The molecule has 0 aliphatic carbocycles.